The molecule has 0 atom stereocenters. The van der Waals surface area contributed by atoms with Gasteiger partial charge in [-0.2, -0.15) is 5.10 Å². The van der Waals surface area contributed by atoms with Crippen molar-refractivity contribution in [2.24, 2.45) is 0 Å². The number of H-pyrrole nitrogens is 1. The van der Waals surface area contributed by atoms with Crippen molar-refractivity contribution in [2.45, 2.75) is 0 Å². The first kappa shape index (κ1) is 17.1. The fourth-order valence-corrected chi connectivity index (χ4v) is 3.51. The Morgan fingerprint density at radius 3 is 2.14 bits per heavy atom. The molecule has 3 heterocycles. The molecule has 0 saturated carbocycles. The Labute approximate surface area is 165 Å². The predicted molar refractivity (Wildman–Crippen MR) is 110 cm³/mol. The summed E-state index contributed by atoms with van der Waals surface area (Å²) in [6.45, 7) is 0. The third-order valence-electron chi connectivity index (χ3n) is 4.84. The smallest absolute Gasteiger partial charge is 0.156 e. The minimum absolute atomic E-state index is 0.190. The van der Waals surface area contributed by atoms with Gasteiger partial charge < -0.3 is 5.11 Å². The van der Waals surface area contributed by atoms with Gasteiger partial charge in [-0.05, 0) is 59.7 Å². The second-order valence-corrected chi connectivity index (χ2v) is 6.63. The number of aromatic amines is 1. The summed E-state index contributed by atoms with van der Waals surface area (Å²) in [6, 6.07) is 17.1. The van der Waals surface area contributed by atoms with Crippen molar-refractivity contribution < 1.29 is 9.50 Å². The Balaban J connectivity index is 1.92. The third-order valence-corrected chi connectivity index (χ3v) is 4.84. The number of phenolic OH excluding ortho intramolecular Hbond substituents is 1. The zero-order chi connectivity index (χ0) is 19.8. The first-order valence-electron chi connectivity index (χ1n) is 9.03. The number of phenols is 1. The van der Waals surface area contributed by atoms with Crippen LogP contribution < -0.4 is 0 Å². The van der Waals surface area contributed by atoms with E-state index in [1.54, 1.807) is 42.9 Å². The standard InChI is InChI=1S/C23H15FN4O/c24-17-5-1-16(2-6-17)22-21(15-9-11-25-12-10-15)20(14-3-7-18(29)8-4-14)19-13-26-28-23(19)27-22/h1-13,29H,(H,26,27,28). The predicted octanol–water partition coefficient (Wildman–Crippen LogP) is 5.20. The van der Waals surface area contributed by atoms with E-state index in [0.717, 1.165) is 33.2 Å². The van der Waals surface area contributed by atoms with E-state index < -0.39 is 0 Å². The van der Waals surface area contributed by atoms with Gasteiger partial charge in [0.25, 0.3) is 0 Å². The Kier molecular flexibility index (Phi) is 4.02. The summed E-state index contributed by atoms with van der Waals surface area (Å²) >= 11 is 0. The molecule has 5 aromatic rings. The van der Waals surface area contributed by atoms with E-state index >= 15 is 0 Å². The number of aromatic nitrogens is 4. The number of rotatable bonds is 3. The lowest BCUT2D eigenvalue weighted by Crippen LogP contribution is -1.96. The number of hydrogen-bond donors (Lipinski definition) is 2. The molecule has 5 nitrogen and oxygen atoms in total. The van der Waals surface area contributed by atoms with Gasteiger partial charge in [-0.15, -0.1) is 0 Å². The molecule has 2 N–H and O–H groups in total. The van der Waals surface area contributed by atoms with Crippen molar-refractivity contribution in [2.75, 3.05) is 0 Å². The van der Waals surface area contributed by atoms with Crippen LogP contribution in [0.15, 0.2) is 79.3 Å². The number of hydrogen-bond acceptors (Lipinski definition) is 4. The second kappa shape index (κ2) is 6.83. The van der Waals surface area contributed by atoms with Crippen molar-refractivity contribution in [3.63, 3.8) is 0 Å². The molecule has 140 valence electrons. The summed E-state index contributed by atoms with van der Waals surface area (Å²) in [4.78, 5) is 8.93. The lowest BCUT2D eigenvalue weighted by molar-refractivity contribution is 0.475. The maximum Gasteiger partial charge on any atom is 0.156 e. The molecule has 0 aliphatic rings. The summed E-state index contributed by atoms with van der Waals surface area (Å²) in [7, 11) is 0. The molecular formula is C23H15FN4O. The number of benzene rings is 2. The largest absolute Gasteiger partial charge is 0.508 e. The zero-order valence-electron chi connectivity index (χ0n) is 15.2. The number of aromatic hydroxyl groups is 1. The molecular weight excluding hydrogens is 367 g/mol. The molecule has 0 bridgehead atoms. The number of fused-ring (bicyclic) bond motifs is 1. The lowest BCUT2D eigenvalue weighted by atomic mass is 9.90. The van der Waals surface area contributed by atoms with Gasteiger partial charge in [0.2, 0.25) is 0 Å². The first-order valence-corrected chi connectivity index (χ1v) is 9.03. The van der Waals surface area contributed by atoms with E-state index in [1.165, 1.54) is 12.1 Å². The summed E-state index contributed by atoms with van der Waals surface area (Å²) in [5, 5.41) is 17.7. The Bertz CT molecular complexity index is 1300. The van der Waals surface area contributed by atoms with Gasteiger partial charge in [0.1, 0.15) is 11.6 Å². The Morgan fingerprint density at radius 1 is 0.759 bits per heavy atom. The van der Waals surface area contributed by atoms with E-state index in [-0.39, 0.29) is 11.6 Å². The third kappa shape index (κ3) is 3.00. The quantitative estimate of drug-likeness (QED) is 0.450. The van der Waals surface area contributed by atoms with Crippen LogP contribution >= 0.6 is 0 Å². The van der Waals surface area contributed by atoms with Crippen LogP contribution in [0.4, 0.5) is 4.39 Å². The van der Waals surface area contributed by atoms with Crippen molar-refractivity contribution in [1.29, 1.82) is 0 Å². The van der Waals surface area contributed by atoms with Crippen LogP contribution in [0.2, 0.25) is 0 Å². The monoisotopic (exact) mass is 382 g/mol. The van der Waals surface area contributed by atoms with Gasteiger partial charge in [-0.25, -0.2) is 9.37 Å². The summed E-state index contributed by atoms with van der Waals surface area (Å²) in [6.07, 6.45) is 5.19. The van der Waals surface area contributed by atoms with E-state index in [2.05, 4.69) is 15.2 Å². The second-order valence-electron chi connectivity index (χ2n) is 6.63. The van der Waals surface area contributed by atoms with Crippen LogP contribution in [-0.4, -0.2) is 25.3 Å². The van der Waals surface area contributed by atoms with Crippen molar-refractivity contribution in [3.05, 3.63) is 85.1 Å². The number of nitrogens with zero attached hydrogens (tertiary/aromatic N) is 3. The van der Waals surface area contributed by atoms with Crippen molar-refractivity contribution in [1.82, 2.24) is 20.2 Å². The van der Waals surface area contributed by atoms with Gasteiger partial charge in [-0.1, -0.05) is 12.1 Å². The Morgan fingerprint density at radius 2 is 1.41 bits per heavy atom. The van der Waals surface area contributed by atoms with Crippen LogP contribution in [0, 0.1) is 5.82 Å². The van der Waals surface area contributed by atoms with E-state index in [1.807, 2.05) is 24.3 Å². The van der Waals surface area contributed by atoms with E-state index in [4.69, 9.17) is 4.98 Å². The normalized spacial score (nSPS) is 11.1. The number of halogens is 1. The molecule has 2 aromatic carbocycles. The molecule has 0 spiro atoms. The van der Waals surface area contributed by atoms with Crippen LogP contribution in [-0.2, 0) is 0 Å². The van der Waals surface area contributed by atoms with Crippen LogP contribution in [0.1, 0.15) is 0 Å². The fraction of sp³-hybridized carbons (Fsp3) is 0. The van der Waals surface area contributed by atoms with E-state index in [0.29, 0.717) is 11.3 Å². The molecule has 5 rings (SSSR count). The van der Waals surface area contributed by atoms with E-state index in [9.17, 15) is 9.50 Å². The van der Waals surface area contributed by atoms with Crippen molar-refractivity contribution >= 4 is 11.0 Å². The van der Waals surface area contributed by atoms with Gasteiger partial charge in [0.15, 0.2) is 5.65 Å². The molecule has 0 radical (unpaired) electrons. The average molecular weight is 382 g/mol. The summed E-state index contributed by atoms with van der Waals surface area (Å²) < 4.78 is 13.5. The van der Waals surface area contributed by atoms with Gasteiger partial charge in [0.05, 0.1) is 11.9 Å². The minimum Gasteiger partial charge on any atom is -0.508 e. The SMILES string of the molecule is Oc1ccc(-c2c(-c3ccncc3)c(-c3ccc(F)cc3)nc3[nH]ncc23)cc1. The van der Waals surface area contributed by atoms with Crippen molar-refractivity contribution in [3.8, 4) is 39.3 Å². The molecule has 0 amide bonds. The van der Waals surface area contributed by atoms with Crippen LogP contribution in [0.5, 0.6) is 5.75 Å². The lowest BCUT2D eigenvalue weighted by Gasteiger charge is -2.16. The molecule has 0 aliphatic carbocycles. The Hall–Kier alpha value is -4.06. The van der Waals surface area contributed by atoms with Gasteiger partial charge in [-0.3, -0.25) is 10.1 Å². The minimum atomic E-state index is -0.305. The molecule has 6 heteroatoms. The fourth-order valence-electron chi connectivity index (χ4n) is 3.51. The average Bonchev–Trinajstić information content (AvgIpc) is 3.23. The summed E-state index contributed by atoms with van der Waals surface area (Å²) in [5.41, 5.74) is 5.77. The molecule has 0 fully saturated rings. The maximum absolute atomic E-state index is 13.5. The first-order chi connectivity index (χ1) is 14.2. The number of nitrogens with one attached hydrogen (secondary N) is 1. The highest BCUT2D eigenvalue weighted by atomic mass is 19.1. The van der Waals surface area contributed by atoms with Crippen LogP contribution in [0.3, 0.4) is 0 Å². The topological polar surface area (TPSA) is 74.7 Å². The number of pyridine rings is 2. The highest BCUT2D eigenvalue weighted by Gasteiger charge is 2.20. The molecule has 3 aromatic heterocycles. The molecule has 0 saturated heterocycles. The molecule has 0 aliphatic heterocycles. The zero-order valence-corrected chi connectivity index (χ0v) is 15.2. The molecule has 0 unspecified atom stereocenters. The highest BCUT2D eigenvalue weighted by molar-refractivity contribution is 6.05. The highest BCUT2D eigenvalue weighted by Crippen LogP contribution is 2.42. The summed E-state index contributed by atoms with van der Waals surface area (Å²) in [5.74, 6) is -0.115. The maximum atomic E-state index is 13.5. The van der Waals surface area contributed by atoms with Crippen LogP contribution in [0.25, 0.3) is 44.5 Å². The molecule has 29 heavy (non-hydrogen) atoms. The van der Waals surface area contributed by atoms with Gasteiger partial charge in [0, 0.05) is 34.5 Å². The van der Waals surface area contributed by atoms with Gasteiger partial charge >= 0.3 is 0 Å².